The molecular weight excluding hydrogens is 432 g/mol. The van der Waals surface area contributed by atoms with Gasteiger partial charge in [-0.1, -0.05) is 36.4 Å². The second-order valence-corrected chi connectivity index (χ2v) is 8.51. The van der Waals surface area contributed by atoms with Crippen LogP contribution in [0.1, 0.15) is 24.0 Å². The quantitative estimate of drug-likeness (QED) is 0.376. The molecule has 0 atom stereocenters. The zero-order valence-electron chi connectivity index (χ0n) is 17.3. The number of aromatic nitrogens is 4. The SMILES string of the molecule is CCc1cc(Sc2ccc(NC(=O)Nc3cc(Cl)ccc3C)cc2)n2nc(C)nc2n1. The number of fused-ring (bicyclic) bond motifs is 1. The van der Waals surface area contributed by atoms with Gasteiger partial charge in [0.1, 0.15) is 10.9 Å². The lowest BCUT2D eigenvalue weighted by molar-refractivity contribution is 0.262. The van der Waals surface area contributed by atoms with E-state index in [4.69, 9.17) is 11.6 Å². The maximum atomic E-state index is 12.3. The Labute approximate surface area is 189 Å². The van der Waals surface area contributed by atoms with E-state index in [0.29, 0.717) is 28.0 Å². The number of benzene rings is 2. The molecule has 0 spiro atoms. The molecule has 0 aliphatic rings. The van der Waals surface area contributed by atoms with Gasteiger partial charge in [-0.05, 0) is 68.3 Å². The van der Waals surface area contributed by atoms with Crippen molar-refractivity contribution in [3.05, 3.63) is 70.6 Å². The third-order valence-corrected chi connectivity index (χ3v) is 5.83. The Hall–Kier alpha value is -3.10. The number of hydrogen-bond acceptors (Lipinski definition) is 5. The van der Waals surface area contributed by atoms with Gasteiger partial charge in [0.2, 0.25) is 0 Å². The maximum Gasteiger partial charge on any atom is 0.323 e. The summed E-state index contributed by atoms with van der Waals surface area (Å²) in [5.74, 6) is 1.29. The standard InChI is InChI=1S/C22H21ClN6OS/c1-4-16-12-20(29-21(25-16)24-14(3)28-29)31-18-9-7-17(8-10-18)26-22(30)27-19-11-15(23)6-5-13(19)2/h5-12H,4H2,1-3H3,(H2,26,27,30). The van der Waals surface area contributed by atoms with Gasteiger partial charge in [-0.2, -0.15) is 9.50 Å². The normalized spacial score (nSPS) is 11.0. The molecule has 0 unspecified atom stereocenters. The molecule has 4 rings (SSSR count). The first-order chi connectivity index (χ1) is 14.9. The van der Waals surface area contributed by atoms with Crippen LogP contribution in [-0.2, 0) is 6.42 Å². The summed E-state index contributed by atoms with van der Waals surface area (Å²) in [6.45, 7) is 5.83. The summed E-state index contributed by atoms with van der Waals surface area (Å²) in [4.78, 5) is 22.3. The maximum absolute atomic E-state index is 12.3. The lowest BCUT2D eigenvalue weighted by Gasteiger charge is -2.11. The van der Waals surface area contributed by atoms with Crippen molar-refractivity contribution in [3.8, 4) is 0 Å². The zero-order chi connectivity index (χ0) is 22.0. The number of rotatable bonds is 5. The highest BCUT2D eigenvalue weighted by atomic mass is 35.5. The Kier molecular flexibility index (Phi) is 6.11. The molecule has 2 N–H and O–H groups in total. The summed E-state index contributed by atoms with van der Waals surface area (Å²) in [7, 11) is 0. The van der Waals surface area contributed by atoms with E-state index in [2.05, 4.69) is 32.6 Å². The highest BCUT2D eigenvalue weighted by molar-refractivity contribution is 7.99. The van der Waals surface area contributed by atoms with Gasteiger partial charge in [-0.3, -0.25) is 0 Å². The van der Waals surface area contributed by atoms with Gasteiger partial charge in [0.15, 0.2) is 0 Å². The molecule has 4 aromatic rings. The summed E-state index contributed by atoms with van der Waals surface area (Å²) in [5.41, 5.74) is 3.26. The fraction of sp³-hybridized carbons (Fsp3) is 0.182. The molecule has 0 saturated heterocycles. The fourth-order valence-corrected chi connectivity index (χ4v) is 4.07. The highest BCUT2D eigenvalue weighted by Gasteiger charge is 2.11. The van der Waals surface area contributed by atoms with Crippen molar-refractivity contribution in [2.75, 3.05) is 10.6 Å². The van der Waals surface area contributed by atoms with Crippen LogP contribution in [0.4, 0.5) is 16.2 Å². The van der Waals surface area contributed by atoms with E-state index in [1.54, 1.807) is 28.4 Å². The number of carbonyl (C=O) groups excluding carboxylic acids is 1. The van der Waals surface area contributed by atoms with Crippen LogP contribution in [0.25, 0.3) is 5.78 Å². The number of nitrogens with one attached hydrogen (secondary N) is 2. The number of urea groups is 1. The van der Waals surface area contributed by atoms with Crippen molar-refractivity contribution in [2.24, 2.45) is 0 Å². The summed E-state index contributed by atoms with van der Waals surface area (Å²) < 4.78 is 1.76. The Morgan fingerprint density at radius 2 is 1.84 bits per heavy atom. The average molecular weight is 453 g/mol. The number of carbonyl (C=O) groups is 1. The molecule has 0 aliphatic carbocycles. The molecule has 2 aromatic carbocycles. The van der Waals surface area contributed by atoms with E-state index in [1.807, 2.05) is 50.2 Å². The van der Waals surface area contributed by atoms with Gasteiger partial charge in [0, 0.05) is 27.0 Å². The molecule has 2 heterocycles. The van der Waals surface area contributed by atoms with E-state index in [-0.39, 0.29) is 6.03 Å². The minimum absolute atomic E-state index is 0.327. The minimum atomic E-state index is -0.327. The number of hydrogen-bond donors (Lipinski definition) is 2. The molecule has 0 bridgehead atoms. The zero-order valence-corrected chi connectivity index (χ0v) is 18.9. The molecule has 31 heavy (non-hydrogen) atoms. The van der Waals surface area contributed by atoms with E-state index < -0.39 is 0 Å². The largest absolute Gasteiger partial charge is 0.323 e. The van der Waals surface area contributed by atoms with Crippen LogP contribution < -0.4 is 10.6 Å². The van der Waals surface area contributed by atoms with Crippen molar-refractivity contribution < 1.29 is 4.79 Å². The molecule has 0 aliphatic heterocycles. The van der Waals surface area contributed by atoms with Crippen LogP contribution in [0.2, 0.25) is 5.02 Å². The van der Waals surface area contributed by atoms with E-state index >= 15 is 0 Å². The number of anilines is 2. The molecule has 2 aromatic heterocycles. The minimum Gasteiger partial charge on any atom is -0.308 e. The number of amides is 2. The lowest BCUT2D eigenvalue weighted by Crippen LogP contribution is -2.19. The van der Waals surface area contributed by atoms with Crippen LogP contribution >= 0.6 is 23.4 Å². The highest BCUT2D eigenvalue weighted by Crippen LogP contribution is 2.29. The first-order valence-corrected chi connectivity index (χ1v) is 11.0. The molecule has 158 valence electrons. The van der Waals surface area contributed by atoms with E-state index in [1.165, 1.54) is 0 Å². The third kappa shape index (κ3) is 4.98. The van der Waals surface area contributed by atoms with Crippen molar-refractivity contribution in [1.82, 2.24) is 19.6 Å². The van der Waals surface area contributed by atoms with Crippen molar-refractivity contribution in [2.45, 2.75) is 37.1 Å². The van der Waals surface area contributed by atoms with Crippen molar-refractivity contribution in [3.63, 3.8) is 0 Å². The average Bonchev–Trinajstić information content (AvgIpc) is 3.12. The second-order valence-electron chi connectivity index (χ2n) is 6.97. The fourth-order valence-electron chi connectivity index (χ4n) is 2.98. The van der Waals surface area contributed by atoms with Crippen LogP contribution in [0, 0.1) is 13.8 Å². The first kappa shape index (κ1) is 21.1. The van der Waals surface area contributed by atoms with Crippen LogP contribution in [0.5, 0.6) is 0 Å². The Morgan fingerprint density at radius 3 is 2.58 bits per heavy atom. The smallest absolute Gasteiger partial charge is 0.308 e. The summed E-state index contributed by atoms with van der Waals surface area (Å²) in [6, 6.07) is 14.7. The molecule has 0 radical (unpaired) electrons. The number of aryl methyl sites for hydroxylation is 3. The Morgan fingerprint density at radius 1 is 1.06 bits per heavy atom. The van der Waals surface area contributed by atoms with Gasteiger partial charge >= 0.3 is 6.03 Å². The topological polar surface area (TPSA) is 84.2 Å². The molecule has 0 saturated carbocycles. The van der Waals surface area contributed by atoms with Gasteiger partial charge < -0.3 is 10.6 Å². The first-order valence-electron chi connectivity index (χ1n) is 9.76. The van der Waals surface area contributed by atoms with Crippen molar-refractivity contribution >= 4 is 46.5 Å². The number of nitrogens with zero attached hydrogens (tertiary/aromatic N) is 4. The summed E-state index contributed by atoms with van der Waals surface area (Å²) in [6.07, 6.45) is 0.819. The van der Waals surface area contributed by atoms with Gasteiger partial charge in [0.05, 0.1) is 0 Å². The van der Waals surface area contributed by atoms with Gasteiger partial charge in [-0.25, -0.2) is 9.78 Å². The van der Waals surface area contributed by atoms with Crippen LogP contribution in [-0.4, -0.2) is 25.6 Å². The Bertz CT molecular complexity index is 1260. The van der Waals surface area contributed by atoms with Gasteiger partial charge in [0.25, 0.3) is 5.78 Å². The van der Waals surface area contributed by atoms with Gasteiger partial charge in [-0.15, -0.1) is 5.10 Å². The summed E-state index contributed by atoms with van der Waals surface area (Å²) >= 11 is 7.58. The van der Waals surface area contributed by atoms with E-state index in [9.17, 15) is 4.79 Å². The number of halogens is 1. The van der Waals surface area contributed by atoms with Crippen molar-refractivity contribution in [1.29, 1.82) is 0 Å². The molecular formula is C22H21ClN6OS. The summed E-state index contributed by atoms with van der Waals surface area (Å²) in [5, 5.41) is 11.6. The molecule has 9 heteroatoms. The Balaban J connectivity index is 1.47. The second kappa shape index (κ2) is 8.95. The molecule has 2 amide bonds. The van der Waals surface area contributed by atoms with Crippen LogP contribution in [0.3, 0.4) is 0 Å². The molecule has 7 nitrogen and oxygen atoms in total. The van der Waals surface area contributed by atoms with Crippen LogP contribution in [0.15, 0.2) is 58.5 Å². The monoisotopic (exact) mass is 452 g/mol. The predicted octanol–water partition coefficient (Wildman–Crippen LogP) is 5.75. The predicted molar refractivity (Wildman–Crippen MR) is 124 cm³/mol. The lowest BCUT2D eigenvalue weighted by atomic mass is 10.2. The third-order valence-electron chi connectivity index (χ3n) is 4.58. The molecule has 0 fully saturated rings. The van der Waals surface area contributed by atoms with E-state index in [0.717, 1.165) is 27.6 Å².